The molecule has 0 atom stereocenters. The van der Waals surface area contributed by atoms with Gasteiger partial charge in [-0.15, -0.1) is 11.8 Å². The number of thioether (sulfide) groups is 1. The summed E-state index contributed by atoms with van der Waals surface area (Å²) in [5, 5.41) is 5.48. The Morgan fingerprint density at radius 3 is 2.68 bits per heavy atom. The van der Waals surface area contributed by atoms with Crippen molar-refractivity contribution >= 4 is 45.2 Å². The Morgan fingerprint density at radius 1 is 1.16 bits per heavy atom. The largest absolute Gasteiger partial charge is 0.355 e. The van der Waals surface area contributed by atoms with Gasteiger partial charge in [0.1, 0.15) is 5.82 Å². The average Bonchev–Trinajstić information content (AvgIpc) is 2.57. The number of hydrogen-bond donors (Lipinski definition) is 2. The molecule has 4 nitrogen and oxygen atoms in total. The van der Waals surface area contributed by atoms with Gasteiger partial charge in [0, 0.05) is 28.0 Å². The fraction of sp³-hybridized carbons (Fsp3) is 0.222. The summed E-state index contributed by atoms with van der Waals surface area (Å²) in [5.74, 6) is -0.653. The van der Waals surface area contributed by atoms with E-state index in [2.05, 4.69) is 26.6 Å². The third kappa shape index (κ3) is 6.51. The van der Waals surface area contributed by atoms with Crippen LogP contribution in [0.1, 0.15) is 12.0 Å². The standard InChI is InChI=1S/C18H18BrFN2O2S/c1-12-6-7-13(19)10-15(12)22-17(23)8-9-21-18(24)11-25-16-5-3-2-4-14(16)20/h2-7,10H,8-9,11H2,1H3,(H,21,24)(H,22,23). The molecule has 0 aliphatic rings. The second-order valence-corrected chi connectivity index (χ2v) is 7.26. The molecule has 0 unspecified atom stereocenters. The molecular weight excluding hydrogens is 407 g/mol. The lowest BCUT2D eigenvalue weighted by Crippen LogP contribution is -2.29. The number of carbonyl (C=O) groups is 2. The molecule has 2 rings (SSSR count). The summed E-state index contributed by atoms with van der Waals surface area (Å²) >= 11 is 4.49. The van der Waals surface area contributed by atoms with Crippen molar-refractivity contribution in [2.24, 2.45) is 0 Å². The van der Waals surface area contributed by atoms with Gasteiger partial charge in [0.05, 0.1) is 5.75 Å². The van der Waals surface area contributed by atoms with Crippen molar-refractivity contribution in [3.63, 3.8) is 0 Å². The summed E-state index contributed by atoms with van der Waals surface area (Å²) < 4.78 is 14.3. The van der Waals surface area contributed by atoms with Crippen LogP contribution >= 0.6 is 27.7 Å². The minimum Gasteiger partial charge on any atom is -0.355 e. The van der Waals surface area contributed by atoms with Crippen LogP contribution in [0, 0.1) is 12.7 Å². The van der Waals surface area contributed by atoms with E-state index in [4.69, 9.17) is 0 Å². The van der Waals surface area contributed by atoms with E-state index in [9.17, 15) is 14.0 Å². The van der Waals surface area contributed by atoms with Crippen LogP contribution in [0.2, 0.25) is 0 Å². The molecule has 2 aromatic carbocycles. The zero-order valence-electron chi connectivity index (χ0n) is 13.6. The fourth-order valence-electron chi connectivity index (χ4n) is 2.01. The van der Waals surface area contributed by atoms with Crippen LogP contribution in [-0.2, 0) is 9.59 Å². The normalized spacial score (nSPS) is 10.4. The summed E-state index contributed by atoms with van der Waals surface area (Å²) in [7, 11) is 0. The third-order valence-electron chi connectivity index (χ3n) is 3.34. The van der Waals surface area contributed by atoms with E-state index in [1.54, 1.807) is 18.2 Å². The lowest BCUT2D eigenvalue weighted by atomic mass is 10.2. The summed E-state index contributed by atoms with van der Waals surface area (Å²) in [6.45, 7) is 2.14. The Bertz CT molecular complexity index is 770. The number of nitrogens with one attached hydrogen (secondary N) is 2. The van der Waals surface area contributed by atoms with Gasteiger partial charge in [-0.25, -0.2) is 4.39 Å². The van der Waals surface area contributed by atoms with Crippen molar-refractivity contribution in [2.75, 3.05) is 17.6 Å². The highest BCUT2D eigenvalue weighted by Gasteiger charge is 2.08. The average molecular weight is 425 g/mol. The molecule has 0 aliphatic heterocycles. The van der Waals surface area contributed by atoms with Gasteiger partial charge in [0.25, 0.3) is 0 Å². The Hall–Kier alpha value is -1.86. The fourth-order valence-corrected chi connectivity index (χ4v) is 3.14. The second-order valence-electron chi connectivity index (χ2n) is 5.33. The molecule has 0 aliphatic carbocycles. The minimum atomic E-state index is -0.343. The zero-order valence-corrected chi connectivity index (χ0v) is 16.0. The van der Waals surface area contributed by atoms with Crippen LogP contribution in [-0.4, -0.2) is 24.1 Å². The van der Waals surface area contributed by atoms with Gasteiger partial charge in [-0.3, -0.25) is 9.59 Å². The van der Waals surface area contributed by atoms with Gasteiger partial charge in [-0.05, 0) is 36.8 Å². The van der Waals surface area contributed by atoms with Crippen LogP contribution < -0.4 is 10.6 Å². The first kappa shape index (κ1) is 19.5. The van der Waals surface area contributed by atoms with Crippen LogP contribution in [0.4, 0.5) is 10.1 Å². The number of amides is 2. The molecule has 2 aromatic rings. The Balaban J connectivity index is 1.71. The van der Waals surface area contributed by atoms with Gasteiger partial charge in [-0.1, -0.05) is 34.1 Å². The van der Waals surface area contributed by atoms with Gasteiger partial charge >= 0.3 is 0 Å². The smallest absolute Gasteiger partial charge is 0.230 e. The van der Waals surface area contributed by atoms with E-state index >= 15 is 0 Å². The van der Waals surface area contributed by atoms with Crippen molar-refractivity contribution in [1.29, 1.82) is 0 Å². The molecule has 0 radical (unpaired) electrons. The predicted molar refractivity (Wildman–Crippen MR) is 102 cm³/mol. The molecule has 2 N–H and O–H groups in total. The molecule has 25 heavy (non-hydrogen) atoms. The molecule has 0 heterocycles. The van der Waals surface area contributed by atoms with E-state index in [0.717, 1.165) is 27.5 Å². The van der Waals surface area contributed by atoms with Crippen LogP contribution in [0.15, 0.2) is 51.8 Å². The predicted octanol–water partition coefficient (Wildman–Crippen LogP) is 4.13. The van der Waals surface area contributed by atoms with Gasteiger partial charge < -0.3 is 10.6 Å². The van der Waals surface area contributed by atoms with Crippen molar-refractivity contribution in [1.82, 2.24) is 5.32 Å². The molecule has 7 heteroatoms. The third-order valence-corrected chi connectivity index (χ3v) is 4.89. The number of benzene rings is 2. The first-order valence-corrected chi connectivity index (χ1v) is 9.43. The van der Waals surface area contributed by atoms with E-state index < -0.39 is 0 Å². The van der Waals surface area contributed by atoms with Crippen molar-refractivity contribution < 1.29 is 14.0 Å². The van der Waals surface area contributed by atoms with Gasteiger partial charge in [0.15, 0.2) is 0 Å². The number of halogens is 2. The van der Waals surface area contributed by atoms with Crippen molar-refractivity contribution in [2.45, 2.75) is 18.2 Å². The van der Waals surface area contributed by atoms with E-state index in [1.165, 1.54) is 6.07 Å². The highest BCUT2D eigenvalue weighted by molar-refractivity contribution is 9.10. The molecule has 0 spiro atoms. The SMILES string of the molecule is Cc1ccc(Br)cc1NC(=O)CCNC(=O)CSc1ccccc1F. The highest BCUT2D eigenvalue weighted by atomic mass is 79.9. The second kappa shape index (κ2) is 9.58. The summed E-state index contributed by atoms with van der Waals surface area (Å²) in [4.78, 5) is 24.2. The maximum absolute atomic E-state index is 13.5. The lowest BCUT2D eigenvalue weighted by Gasteiger charge is -2.09. The minimum absolute atomic E-state index is 0.104. The summed E-state index contributed by atoms with van der Waals surface area (Å²) in [6, 6.07) is 11.9. The topological polar surface area (TPSA) is 58.2 Å². The number of hydrogen-bond acceptors (Lipinski definition) is 3. The zero-order chi connectivity index (χ0) is 18.2. The van der Waals surface area contributed by atoms with Gasteiger partial charge in [-0.2, -0.15) is 0 Å². The number of anilines is 1. The van der Waals surface area contributed by atoms with Crippen LogP contribution in [0.5, 0.6) is 0 Å². The number of rotatable bonds is 7. The first-order valence-electron chi connectivity index (χ1n) is 7.66. The molecule has 0 aromatic heterocycles. The molecular formula is C18H18BrFN2O2S. The van der Waals surface area contributed by atoms with Crippen molar-refractivity contribution in [3.05, 3.63) is 58.3 Å². The van der Waals surface area contributed by atoms with Crippen LogP contribution in [0.3, 0.4) is 0 Å². The molecule has 0 fully saturated rings. The maximum Gasteiger partial charge on any atom is 0.230 e. The van der Waals surface area contributed by atoms with Crippen LogP contribution in [0.25, 0.3) is 0 Å². The highest BCUT2D eigenvalue weighted by Crippen LogP contribution is 2.21. The molecule has 0 bridgehead atoms. The quantitative estimate of drug-likeness (QED) is 0.656. The Morgan fingerprint density at radius 2 is 1.92 bits per heavy atom. The van der Waals surface area contributed by atoms with E-state index in [-0.39, 0.29) is 36.4 Å². The number of aryl methyl sites for hydroxylation is 1. The Labute approximate surface area is 158 Å². The monoisotopic (exact) mass is 424 g/mol. The molecule has 0 saturated heterocycles. The van der Waals surface area contributed by atoms with E-state index in [0.29, 0.717) is 4.90 Å². The Kier molecular flexibility index (Phi) is 7.46. The maximum atomic E-state index is 13.5. The van der Waals surface area contributed by atoms with Crippen molar-refractivity contribution in [3.8, 4) is 0 Å². The summed E-state index contributed by atoms with van der Waals surface area (Å²) in [5.41, 5.74) is 1.70. The molecule has 0 saturated carbocycles. The van der Waals surface area contributed by atoms with E-state index in [1.807, 2.05) is 25.1 Å². The number of carbonyl (C=O) groups excluding carboxylic acids is 2. The molecule has 132 valence electrons. The first-order chi connectivity index (χ1) is 12.0. The summed E-state index contributed by atoms with van der Waals surface area (Å²) in [6.07, 6.45) is 0.169. The van der Waals surface area contributed by atoms with Gasteiger partial charge in [0.2, 0.25) is 11.8 Å². The molecule has 2 amide bonds. The lowest BCUT2D eigenvalue weighted by molar-refractivity contribution is -0.119.